The predicted octanol–water partition coefficient (Wildman–Crippen LogP) is 3.11. The van der Waals surface area contributed by atoms with Crippen molar-refractivity contribution >= 4 is 11.9 Å². The largest absolute Gasteiger partial charge is 0.480 e. The van der Waals surface area contributed by atoms with Crippen molar-refractivity contribution in [2.24, 2.45) is 5.41 Å². The molecular formula is C20H25N3O3. The summed E-state index contributed by atoms with van der Waals surface area (Å²) >= 11 is 0. The minimum absolute atomic E-state index is 0.244. The van der Waals surface area contributed by atoms with Crippen molar-refractivity contribution in [2.45, 2.75) is 38.5 Å². The van der Waals surface area contributed by atoms with Gasteiger partial charge in [0.15, 0.2) is 0 Å². The Morgan fingerprint density at radius 1 is 1.19 bits per heavy atom. The molecule has 2 N–H and O–H groups in total. The van der Waals surface area contributed by atoms with Crippen molar-refractivity contribution in [3.8, 4) is 11.3 Å². The van der Waals surface area contributed by atoms with Gasteiger partial charge < -0.3 is 10.0 Å². The lowest BCUT2D eigenvalue weighted by molar-refractivity contribution is -0.152. The molecular weight excluding hydrogens is 330 g/mol. The van der Waals surface area contributed by atoms with E-state index in [2.05, 4.69) is 16.3 Å². The van der Waals surface area contributed by atoms with Crippen LogP contribution in [0.5, 0.6) is 0 Å². The van der Waals surface area contributed by atoms with Crippen molar-refractivity contribution in [3.63, 3.8) is 0 Å². The number of nitrogens with one attached hydrogen (secondary N) is 1. The van der Waals surface area contributed by atoms with Crippen LogP contribution in [0.15, 0.2) is 36.4 Å². The molecule has 0 unspecified atom stereocenters. The molecule has 1 fully saturated rings. The van der Waals surface area contributed by atoms with E-state index in [1.54, 1.807) is 11.9 Å². The van der Waals surface area contributed by atoms with E-state index in [0.29, 0.717) is 19.4 Å². The van der Waals surface area contributed by atoms with Crippen LogP contribution in [0.2, 0.25) is 0 Å². The number of carbonyl (C=O) groups is 2. The van der Waals surface area contributed by atoms with Gasteiger partial charge >= 0.3 is 5.97 Å². The molecule has 138 valence electrons. The maximum Gasteiger partial charge on any atom is 0.319 e. The van der Waals surface area contributed by atoms with Gasteiger partial charge in [-0.25, -0.2) is 0 Å². The molecule has 1 aromatic carbocycles. The number of aryl methyl sites for hydroxylation is 1. The van der Waals surface area contributed by atoms with E-state index in [9.17, 15) is 14.7 Å². The molecule has 1 amide bonds. The summed E-state index contributed by atoms with van der Waals surface area (Å²) in [5.41, 5.74) is 2.03. The van der Waals surface area contributed by atoms with Gasteiger partial charge in [0, 0.05) is 24.8 Å². The number of aromatic nitrogens is 2. The van der Waals surface area contributed by atoms with Crippen LogP contribution < -0.4 is 0 Å². The third-order valence-electron chi connectivity index (χ3n) is 5.06. The van der Waals surface area contributed by atoms with Crippen molar-refractivity contribution in [1.82, 2.24) is 15.1 Å². The number of carboxylic acid groups (broad SMARTS) is 1. The van der Waals surface area contributed by atoms with Gasteiger partial charge in [0.05, 0.1) is 5.69 Å². The van der Waals surface area contributed by atoms with Crippen LogP contribution in [0.25, 0.3) is 11.3 Å². The molecule has 0 radical (unpaired) electrons. The van der Waals surface area contributed by atoms with E-state index in [1.807, 2.05) is 30.3 Å². The number of aromatic amines is 1. The number of carbonyl (C=O) groups excluding carboxylic acids is 1. The van der Waals surface area contributed by atoms with Gasteiger partial charge in [-0.2, -0.15) is 5.10 Å². The molecule has 3 rings (SSSR count). The maximum atomic E-state index is 12.2. The SMILES string of the molecule is CN(CCCCCc1cc(-c2ccccc2)n[nH]1)C(=O)C1(C(=O)O)CC1. The molecule has 0 aliphatic heterocycles. The van der Waals surface area contributed by atoms with E-state index < -0.39 is 11.4 Å². The van der Waals surface area contributed by atoms with E-state index in [4.69, 9.17) is 0 Å². The molecule has 26 heavy (non-hydrogen) atoms. The minimum Gasteiger partial charge on any atom is -0.480 e. The van der Waals surface area contributed by atoms with Gasteiger partial charge in [0.25, 0.3) is 0 Å². The molecule has 0 saturated heterocycles. The maximum absolute atomic E-state index is 12.2. The number of carboxylic acids is 1. The van der Waals surface area contributed by atoms with Crippen molar-refractivity contribution in [2.75, 3.05) is 13.6 Å². The van der Waals surface area contributed by atoms with Gasteiger partial charge in [-0.05, 0) is 38.2 Å². The molecule has 1 aromatic heterocycles. The average Bonchev–Trinajstić information content (AvgIpc) is 3.34. The Morgan fingerprint density at radius 2 is 1.92 bits per heavy atom. The summed E-state index contributed by atoms with van der Waals surface area (Å²) in [6, 6.07) is 12.1. The van der Waals surface area contributed by atoms with Crippen molar-refractivity contribution in [3.05, 3.63) is 42.1 Å². The Hall–Kier alpha value is -2.63. The molecule has 1 aliphatic carbocycles. The highest BCUT2D eigenvalue weighted by molar-refractivity contribution is 6.04. The summed E-state index contributed by atoms with van der Waals surface area (Å²) in [4.78, 5) is 25.0. The highest BCUT2D eigenvalue weighted by atomic mass is 16.4. The third kappa shape index (κ3) is 3.95. The molecule has 6 heteroatoms. The van der Waals surface area contributed by atoms with Gasteiger partial charge in [-0.1, -0.05) is 36.8 Å². The fourth-order valence-corrected chi connectivity index (χ4v) is 3.20. The summed E-state index contributed by atoms with van der Waals surface area (Å²) < 4.78 is 0. The zero-order chi connectivity index (χ0) is 18.6. The molecule has 1 saturated carbocycles. The number of hydrogen-bond acceptors (Lipinski definition) is 3. The fraction of sp³-hybridized carbons (Fsp3) is 0.450. The first-order chi connectivity index (χ1) is 12.5. The second-order valence-corrected chi connectivity index (χ2v) is 7.07. The molecule has 0 bridgehead atoms. The lowest BCUT2D eigenvalue weighted by Gasteiger charge is -2.20. The number of H-pyrrole nitrogens is 1. The van der Waals surface area contributed by atoms with Gasteiger partial charge in [0.1, 0.15) is 5.41 Å². The van der Waals surface area contributed by atoms with Crippen LogP contribution in [0.3, 0.4) is 0 Å². The quantitative estimate of drug-likeness (QED) is 0.534. The summed E-state index contributed by atoms with van der Waals surface area (Å²) in [6.45, 7) is 0.603. The summed E-state index contributed by atoms with van der Waals surface area (Å²) in [5, 5.41) is 16.6. The minimum atomic E-state index is -1.13. The molecule has 6 nitrogen and oxygen atoms in total. The monoisotopic (exact) mass is 355 g/mol. The highest BCUT2D eigenvalue weighted by Crippen LogP contribution is 2.47. The Kier molecular flexibility index (Phi) is 5.40. The zero-order valence-electron chi connectivity index (χ0n) is 15.1. The van der Waals surface area contributed by atoms with Crippen LogP contribution in [0, 0.1) is 5.41 Å². The summed E-state index contributed by atoms with van der Waals surface area (Å²) in [7, 11) is 1.70. The lowest BCUT2D eigenvalue weighted by atomic mass is 10.1. The van der Waals surface area contributed by atoms with E-state index in [1.165, 1.54) is 0 Å². The smallest absolute Gasteiger partial charge is 0.319 e. The Labute approximate surface area is 153 Å². The highest BCUT2D eigenvalue weighted by Gasteiger charge is 2.58. The second kappa shape index (κ2) is 7.72. The first-order valence-corrected chi connectivity index (χ1v) is 9.11. The van der Waals surface area contributed by atoms with Crippen LogP contribution in [-0.2, 0) is 16.0 Å². The van der Waals surface area contributed by atoms with Crippen molar-refractivity contribution in [1.29, 1.82) is 0 Å². The molecule has 0 atom stereocenters. The normalized spacial score (nSPS) is 14.8. The second-order valence-electron chi connectivity index (χ2n) is 7.07. The standard InChI is InChI=1S/C20H25N3O3/c1-23(18(24)20(11-12-20)19(25)26)13-7-3-6-10-16-14-17(22-21-16)15-8-4-2-5-9-15/h2,4-5,8-9,14H,3,6-7,10-13H2,1H3,(H,21,22)(H,25,26). The molecule has 1 aliphatic rings. The van der Waals surface area contributed by atoms with Crippen LogP contribution in [-0.4, -0.2) is 45.7 Å². The number of hydrogen-bond donors (Lipinski definition) is 2. The summed E-state index contributed by atoms with van der Waals surface area (Å²) in [6.07, 6.45) is 4.71. The Morgan fingerprint density at radius 3 is 2.58 bits per heavy atom. The van der Waals surface area contributed by atoms with Crippen molar-refractivity contribution < 1.29 is 14.7 Å². The van der Waals surface area contributed by atoms with E-state index in [-0.39, 0.29) is 5.91 Å². The number of aliphatic carboxylic acids is 1. The fourth-order valence-electron chi connectivity index (χ4n) is 3.20. The predicted molar refractivity (Wildman–Crippen MR) is 98.5 cm³/mol. The van der Waals surface area contributed by atoms with Gasteiger partial charge in [-0.15, -0.1) is 0 Å². The number of nitrogens with zero attached hydrogens (tertiary/aromatic N) is 2. The topological polar surface area (TPSA) is 86.3 Å². The van der Waals surface area contributed by atoms with Gasteiger partial charge in [0.2, 0.25) is 5.91 Å². The molecule has 2 aromatic rings. The number of amides is 1. The van der Waals surface area contributed by atoms with E-state index >= 15 is 0 Å². The Bertz CT molecular complexity index is 766. The van der Waals surface area contributed by atoms with Crippen LogP contribution in [0.4, 0.5) is 0 Å². The van der Waals surface area contributed by atoms with Crippen LogP contribution in [0.1, 0.15) is 37.8 Å². The first-order valence-electron chi connectivity index (χ1n) is 9.11. The number of benzene rings is 1. The lowest BCUT2D eigenvalue weighted by Crippen LogP contribution is -2.38. The Balaban J connectivity index is 1.38. The number of rotatable bonds is 9. The zero-order valence-corrected chi connectivity index (χ0v) is 15.1. The van der Waals surface area contributed by atoms with Gasteiger partial charge in [-0.3, -0.25) is 14.7 Å². The average molecular weight is 355 g/mol. The molecule has 1 heterocycles. The first kappa shape index (κ1) is 18.2. The van der Waals surface area contributed by atoms with Crippen LogP contribution >= 0.6 is 0 Å². The molecule has 0 spiro atoms. The third-order valence-corrected chi connectivity index (χ3v) is 5.06. The van der Waals surface area contributed by atoms with E-state index in [0.717, 1.165) is 42.6 Å². The number of unbranched alkanes of at least 4 members (excludes halogenated alkanes) is 2. The summed E-state index contributed by atoms with van der Waals surface area (Å²) in [5.74, 6) is -1.23.